The number of alkyl halides is 2. The standard InChI is InChI=1S/C17H13F2N3O4/c1-8-15-10(16(23)20-6-14(18)19)5-11(21-17(15)26-22-8)9-2-3-12-13(4-9)25-7-24-12/h2-5,14H,6-7H2,1H3,(H,20,23). The summed E-state index contributed by atoms with van der Waals surface area (Å²) in [6.45, 7) is 1.04. The van der Waals surface area contributed by atoms with E-state index in [0.717, 1.165) is 0 Å². The van der Waals surface area contributed by atoms with Gasteiger partial charge in [-0.05, 0) is 31.2 Å². The van der Waals surface area contributed by atoms with Gasteiger partial charge in [-0.15, -0.1) is 0 Å². The van der Waals surface area contributed by atoms with Crippen LogP contribution in [0.15, 0.2) is 28.8 Å². The molecule has 1 N–H and O–H groups in total. The van der Waals surface area contributed by atoms with Crippen LogP contribution in [0.4, 0.5) is 8.78 Å². The molecule has 0 aliphatic carbocycles. The quantitative estimate of drug-likeness (QED) is 0.769. The average molecular weight is 361 g/mol. The predicted molar refractivity (Wildman–Crippen MR) is 86.4 cm³/mol. The number of aryl methyl sites for hydroxylation is 1. The summed E-state index contributed by atoms with van der Waals surface area (Å²) in [7, 11) is 0. The lowest BCUT2D eigenvalue weighted by Crippen LogP contribution is -2.28. The largest absolute Gasteiger partial charge is 0.454 e. The molecule has 4 rings (SSSR count). The van der Waals surface area contributed by atoms with Gasteiger partial charge in [0.15, 0.2) is 11.5 Å². The summed E-state index contributed by atoms with van der Waals surface area (Å²) >= 11 is 0. The number of nitrogens with one attached hydrogen (secondary N) is 1. The molecule has 0 atom stereocenters. The van der Waals surface area contributed by atoms with Crippen molar-refractivity contribution in [1.29, 1.82) is 0 Å². The van der Waals surface area contributed by atoms with Crippen molar-refractivity contribution in [3.63, 3.8) is 0 Å². The van der Waals surface area contributed by atoms with Crippen LogP contribution in [0.25, 0.3) is 22.4 Å². The topological polar surface area (TPSA) is 86.5 Å². The molecule has 0 unspecified atom stereocenters. The van der Waals surface area contributed by atoms with Crippen LogP contribution in [0.2, 0.25) is 0 Å². The number of aromatic nitrogens is 2. The molecule has 0 radical (unpaired) electrons. The van der Waals surface area contributed by atoms with Gasteiger partial charge in [-0.1, -0.05) is 5.16 Å². The van der Waals surface area contributed by atoms with Crippen LogP contribution in [-0.4, -0.2) is 35.8 Å². The number of benzene rings is 1. The summed E-state index contributed by atoms with van der Waals surface area (Å²) < 4.78 is 40.7. The number of carbonyl (C=O) groups excluding carboxylic acids is 1. The summed E-state index contributed by atoms with van der Waals surface area (Å²) in [4.78, 5) is 16.8. The first-order valence-corrected chi connectivity index (χ1v) is 7.76. The Bertz CT molecular complexity index is 1000. The third kappa shape index (κ3) is 2.81. The molecule has 0 fully saturated rings. The summed E-state index contributed by atoms with van der Waals surface area (Å²) in [6, 6.07) is 6.73. The molecule has 1 aliphatic rings. The summed E-state index contributed by atoms with van der Waals surface area (Å²) in [5.41, 5.74) is 1.86. The summed E-state index contributed by atoms with van der Waals surface area (Å²) in [5, 5.41) is 6.40. The van der Waals surface area contributed by atoms with Gasteiger partial charge in [0.2, 0.25) is 6.79 Å². The Morgan fingerprint density at radius 2 is 2.08 bits per heavy atom. The van der Waals surface area contributed by atoms with Crippen LogP contribution in [0, 0.1) is 6.92 Å². The van der Waals surface area contributed by atoms with E-state index in [1.807, 2.05) is 0 Å². The number of ether oxygens (including phenoxy) is 2. The normalized spacial score (nSPS) is 12.8. The number of hydrogen-bond donors (Lipinski definition) is 1. The number of amides is 1. The first-order chi connectivity index (χ1) is 12.5. The molecular weight excluding hydrogens is 348 g/mol. The van der Waals surface area contributed by atoms with E-state index < -0.39 is 18.9 Å². The van der Waals surface area contributed by atoms with Crippen molar-refractivity contribution in [2.75, 3.05) is 13.3 Å². The lowest BCUT2D eigenvalue weighted by molar-refractivity contribution is 0.0893. The van der Waals surface area contributed by atoms with Gasteiger partial charge < -0.3 is 19.3 Å². The van der Waals surface area contributed by atoms with Gasteiger partial charge in [0.1, 0.15) is 0 Å². The Kier molecular flexibility index (Phi) is 3.90. The molecule has 0 spiro atoms. The zero-order valence-electron chi connectivity index (χ0n) is 13.6. The zero-order valence-corrected chi connectivity index (χ0v) is 13.6. The molecule has 3 aromatic rings. The fourth-order valence-corrected chi connectivity index (χ4v) is 2.74. The second kappa shape index (κ2) is 6.25. The minimum absolute atomic E-state index is 0.133. The molecule has 1 aliphatic heterocycles. The molecule has 3 heterocycles. The van der Waals surface area contributed by atoms with Gasteiger partial charge in [-0.3, -0.25) is 4.79 Å². The maximum Gasteiger partial charge on any atom is 0.259 e. The fourth-order valence-electron chi connectivity index (χ4n) is 2.74. The highest BCUT2D eigenvalue weighted by molar-refractivity contribution is 6.07. The minimum atomic E-state index is -2.65. The van der Waals surface area contributed by atoms with Gasteiger partial charge in [-0.25, -0.2) is 13.8 Å². The van der Waals surface area contributed by atoms with Crippen molar-refractivity contribution < 1.29 is 27.6 Å². The predicted octanol–water partition coefficient (Wildman–Crippen LogP) is 2.92. The third-order valence-corrected chi connectivity index (χ3v) is 3.95. The monoisotopic (exact) mass is 361 g/mol. The first kappa shape index (κ1) is 16.2. The minimum Gasteiger partial charge on any atom is -0.454 e. The van der Waals surface area contributed by atoms with Crippen LogP contribution >= 0.6 is 0 Å². The Morgan fingerprint density at radius 1 is 1.27 bits per heavy atom. The Hall–Kier alpha value is -3.23. The molecule has 0 bridgehead atoms. The molecule has 26 heavy (non-hydrogen) atoms. The maximum atomic E-state index is 12.4. The van der Waals surface area contributed by atoms with Gasteiger partial charge in [0.25, 0.3) is 18.0 Å². The molecule has 134 valence electrons. The number of hydrogen-bond acceptors (Lipinski definition) is 6. The van der Waals surface area contributed by atoms with Crippen LogP contribution in [0.5, 0.6) is 11.5 Å². The maximum absolute atomic E-state index is 12.4. The number of halogens is 2. The number of nitrogens with zero attached hydrogens (tertiary/aromatic N) is 2. The third-order valence-electron chi connectivity index (χ3n) is 3.95. The fraction of sp³-hybridized carbons (Fsp3) is 0.235. The molecule has 0 saturated carbocycles. The zero-order chi connectivity index (χ0) is 18.3. The van der Waals surface area contributed by atoms with Gasteiger partial charge in [-0.2, -0.15) is 0 Å². The van der Waals surface area contributed by atoms with Crippen molar-refractivity contribution in [1.82, 2.24) is 15.5 Å². The van der Waals surface area contributed by atoms with Crippen molar-refractivity contribution in [2.45, 2.75) is 13.3 Å². The van der Waals surface area contributed by atoms with Crippen molar-refractivity contribution in [2.24, 2.45) is 0 Å². The molecule has 0 saturated heterocycles. The van der Waals surface area contributed by atoms with E-state index in [4.69, 9.17) is 14.0 Å². The van der Waals surface area contributed by atoms with Gasteiger partial charge in [0.05, 0.1) is 28.9 Å². The lowest BCUT2D eigenvalue weighted by Gasteiger charge is -2.08. The molecule has 1 aromatic carbocycles. The van der Waals surface area contributed by atoms with E-state index in [2.05, 4.69) is 15.5 Å². The molecule has 9 heteroatoms. The SMILES string of the molecule is Cc1noc2nc(-c3ccc4c(c3)OCO4)cc(C(=O)NCC(F)F)c12. The van der Waals surface area contributed by atoms with Crippen LogP contribution in [0.1, 0.15) is 16.1 Å². The van der Waals surface area contributed by atoms with E-state index in [-0.39, 0.29) is 18.1 Å². The van der Waals surface area contributed by atoms with E-state index in [1.165, 1.54) is 6.07 Å². The Morgan fingerprint density at radius 3 is 2.88 bits per heavy atom. The highest BCUT2D eigenvalue weighted by Gasteiger charge is 2.21. The molecule has 7 nitrogen and oxygen atoms in total. The highest BCUT2D eigenvalue weighted by Crippen LogP contribution is 2.36. The lowest BCUT2D eigenvalue weighted by atomic mass is 10.0. The summed E-state index contributed by atoms with van der Waals surface area (Å²) in [6.07, 6.45) is -2.65. The van der Waals surface area contributed by atoms with Gasteiger partial charge >= 0.3 is 0 Å². The van der Waals surface area contributed by atoms with Gasteiger partial charge in [0, 0.05) is 5.56 Å². The number of fused-ring (bicyclic) bond motifs is 2. The number of rotatable bonds is 4. The number of carbonyl (C=O) groups is 1. The molecular formula is C17H13F2N3O4. The Balaban J connectivity index is 1.80. The van der Waals surface area contributed by atoms with Crippen LogP contribution < -0.4 is 14.8 Å². The van der Waals surface area contributed by atoms with Crippen LogP contribution in [0.3, 0.4) is 0 Å². The second-order valence-corrected chi connectivity index (χ2v) is 5.67. The van der Waals surface area contributed by atoms with E-state index in [9.17, 15) is 13.6 Å². The van der Waals surface area contributed by atoms with E-state index in [0.29, 0.717) is 33.8 Å². The van der Waals surface area contributed by atoms with Crippen LogP contribution in [-0.2, 0) is 0 Å². The first-order valence-electron chi connectivity index (χ1n) is 7.76. The van der Waals surface area contributed by atoms with E-state index in [1.54, 1.807) is 25.1 Å². The average Bonchev–Trinajstić information content (AvgIpc) is 3.25. The van der Waals surface area contributed by atoms with Crippen molar-refractivity contribution in [3.05, 3.63) is 35.5 Å². The smallest absolute Gasteiger partial charge is 0.259 e. The van der Waals surface area contributed by atoms with E-state index >= 15 is 0 Å². The Labute approximate surface area is 145 Å². The highest BCUT2D eigenvalue weighted by atomic mass is 19.3. The summed E-state index contributed by atoms with van der Waals surface area (Å²) in [5.74, 6) is 0.521. The molecule has 1 amide bonds. The van der Waals surface area contributed by atoms with Crippen molar-refractivity contribution >= 4 is 17.0 Å². The molecule has 2 aromatic heterocycles. The van der Waals surface area contributed by atoms with Crippen molar-refractivity contribution in [3.8, 4) is 22.8 Å². The second-order valence-electron chi connectivity index (χ2n) is 5.67. The number of pyridine rings is 1.